The lowest BCUT2D eigenvalue weighted by molar-refractivity contribution is 0.669. The zero-order valence-corrected chi connectivity index (χ0v) is 26.5. The van der Waals surface area contributed by atoms with Crippen molar-refractivity contribution in [3.8, 4) is 22.3 Å². The minimum Gasteiger partial charge on any atom is -0.455 e. The molecule has 0 bridgehead atoms. The lowest BCUT2D eigenvalue weighted by Gasteiger charge is -2.27. The first kappa shape index (κ1) is 27.5. The maximum absolute atomic E-state index is 6.71. The van der Waals surface area contributed by atoms with E-state index in [1.54, 1.807) is 0 Å². The molecule has 10 rings (SSSR count). The predicted octanol–water partition coefficient (Wildman–Crippen LogP) is 13.4. The van der Waals surface area contributed by atoms with Crippen LogP contribution >= 0.6 is 0 Å². The summed E-state index contributed by atoms with van der Waals surface area (Å²) in [5.74, 6) is 0. The van der Waals surface area contributed by atoms with E-state index in [0.717, 1.165) is 82.8 Å². The molecule has 0 aliphatic carbocycles. The number of furan rings is 2. The van der Waals surface area contributed by atoms with E-state index in [2.05, 4.69) is 169 Å². The third-order valence-electron chi connectivity index (χ3n) is 9.66. The minimum absolute atomic E-state index is 0.849. The summed E-state index contributed by atoms with van der Waals surface area (Å²) in [5, 5.41) is 6.53. The molecule has 0 spiro atoms. The van der Waals surface area contributed by atoms with Crippen molar-refractivity contribution in [1.82, 2.24) is 0 Å². The van der Waals surface area contributed by atoms with Gasteiger partial charge >= 0.3 is 0 Å². The molecule has 230 valence electrons. The number of anilines is 3. The molecule has 0 aliphatic rings. The van der Waals surface area contributed by atoms with Crippen LogP contribution in [0.15, 0.2) is 185 Å². The Morgan fingerprint density at radius 3 is 1.71 bits per heavy atom. The van der Waals surface area contributed by atoms with E-state index in [1.807, 2.05) is 12.1 Å². The van der Waals surface area contributed by atoms with Gasteiger partial charge in [0.15, 0.2) is 5.58 Å². The SMILES string of the molecule is c1ccc(-c2ccc(N(c3cc4c(oc5cccc(-c6ccccc6)c54)c4ccccc34)c3cccc4c3oc3ccccc34)cc2)cc1. The highest BCUT2D eigenvalue weighted by atomic mass is 16.3. The molecule has 2 aromatic heterocycles. The zero-order valence-electron chi connectivity index (χ0n) is 26.5. The van der Waals surface area contributed by atoms with Crippen molar-refractivity contribution in [3.05, 3.63) is 176 Å². The molecular formula is C46H29NO2. The van der Waals surface area contributed by atoms with Gasteiger partial charge in [-0.1, -0.05) is 140 Å². The van der Waals surface area contributed by atoms with Crippen molar-refractivity contribution < 1.29 is 8.83 Å². The number of rotatable bonds is 5. The van der Waals surface area contributed by atoms with Crippen molar-refractivity contribution in [1.29, 1.82) is 0 Å². The Bertz CT molecular complexity index is 2810. The summed E-state index contributed by atoms with van der Waals surface area (Å²) in [5.41, 5.74) is 11.2. The van der Waals surface area contributed by atoms with E-state index < -0.39 is 0 Å². The number of hydrogen-bond donors (Lipinski definition) is 0. The van der Waals surface area contributed by atoms with Gasteiger partial charge in [0.05, 0.1) is 11.4 Å². The second-order valence-electron chi connectivity index (χ2n) is 12.5. The lowest BCUT2D eigenvalue weighted by Crippen LogP contribution is -2.11. The molecule has 0 unspecified atom stereocenters. The molecule has 0 amide bonds. The standard InChI is InChI=1S/C46H29NO2/c1-3-13-30(14-4-1)31-25-27-33(28-26-31)47(40-22-11-21-38-36-18-9-10-23-42(36)48-46(38)40)41-29-39-44-34(32-15-5-2-6-16-32)20-12-24-43(44)49-45(39)37-19-8-7-17-35(37)41/h1-29H. The zero-order chi connectivity index (χ0) is 32.3. The first-order valence-corrected chi connectivity index (χ1v) is 16.6. The van der Waals surface area contributed by atoms with Gasteiger partial charge in [-0.3, -0.25) is 0 Å². The van der Waals surface area contributed by atoms with Gasteiger partial charge < -0.3 is 13.7 Å². The van der Waals surface area contributed by atoms with Crippen LogP contribution in [-0.2, 0) is 0 Å². The van der Waals surface area contributed by atoms with Gasteiger partial charge in [0.1, 0.15) is 16.7 Å². The predicted molar refractivity (Wildman–Crippen MR) is 204 cm³/mol. The number of fused-ring (bicyclic) bond motifs is 8. The van der Waals surface area contributed by atoms with Gasteiger partial charge in [-0.15, -0.1) is 0 Å². The first-order chi connectivity index (χ1) is 24.3. The summed E-state index contributed by atoms with van der Waals surface area (Å²) in [6.07, 6.45) is 0. The molecule has 2 heterocycles. The van der Waals surface area contributed by atoms with Crippen LogP contribution in [0, 0.1) is 0 Å². The van der Waals surface area contributed by atoms with Gasteiger partial charge in [-0.05, 0) is 58.7 Å². The fraction of sp³-hybridized carbons (Fsp3) is 0. The summed E-state index contributed by atoms with van der Waals surface area (Å²) in [6, 6.07) is 61.9. The van der Waals surface area contributed by atoms with E-state index in [4.69, 9.17) is 8.83 Å². The van der Waals surface area contributed by atoms with E-state index in [0.29, 0.717) is 0 Å². The largest absolute Gasteiger partial charge is 0.455 e. The maximum Gasteiger partial charge on any atom is 0.159 e. The summed E-state index contributed by atoms with van der Waals surface area (Å²) < 4.78 is 13.4. The number of benzene rings is 8. The summed E-state index contributed by atoms with van der Waals surface area (Å²) in [7, 11) is 0. The molecule has 3 nitrogen and oxygen atoms in total. The number of nitrogens with zero attached hydrogens (tertiary/aromatic N) is 1. The van der Waals surface area contributed by atoms with E-state index in [1.165, 1.54) is 11.1 Å². The van der Waals surface area contributed by atoms with Crippen LogP contribution in [0.25, 0.3) is 76.9 Å². The quantitative estimate of drug-likeness (QED) is 0.190. The second-order valence-corrected chi connectivity index (χ2v) is 12.5. The molecule has 8 aromatic carbocycles. The van der Waals surface area contributed by atoms with Crippen LogP contribution < -0.4 is 4.90 Å². The molecule has 0 aliphatic heterocycles. The van der Waals surface area contributed by atoms with Crippen molar-refractivity contribution in [3.63, 3.8) is 0 Å². The number of hydrogen-bond acceptors (Lipinski definition) is 3. The van der Waals surface area contributed by atoms with E-state index >= 15 is 0 Å². The Labute approximate surface area is 282 Å². The Kier molecular flexibility index (Phi) is 6.18. The fourth-order valence-corrected chi connectivity index (χ4v) is 7.42. The van der Waals surface area contributed by atoms with Crippen molar-refractivity contribution >= 4 is 71.7 Å². The van der Waals surface area contributed by atoms with Crippen LogP contribution in [0.5, 0.6) is 0 Å². The smallest absolute Gasteiger partial charge is 0.159 e. The highest BCUT2D eigenvalue weighted by molar-refractivity contribution is 6.23. The fourth-order valence-electron chi connectivity index (χ4n) is 7.42. The molecule has 0 saturated heterocycles. The average Bonchev–Trinajstić information content (AvgIpc) is 3.75. The molecule has 0 fully saturated rings. The maximum atomic E-state index is 6.71. The van der Waals surface area contributed by atoms with Crippen molar-refractivity contribution in [2.45, 2.75) is 0 Å². The van der Waals surface area contributed by atoms with Crippen LogP contribution in [0.2, 0.25) is 0 Å². The lowest BCUT2D eigenvalue weighted by atomic mass is 9.97. The van der Waals surface area contributed by atoms with Gasteiger partial charge in [0, 0.05) is 38.0 Å². The van der Waals surface area contributed by atoms with Crippen molar-refractivity contribution in [2.24, 2.45) is 0 Å². The Morgan fingerprint density at radius 2 is 0.918 bits per heavy atom. The molecule has 0 N–H and O–H groups in total. The number of para-hydroxylation sites is 2. The Hall–Kier alpha value is -6.58. The first-order valence-electron chi connectivity index (χ1n) is 16.6. The molecule has 0 radical (unpaired) electrons. The third kappa shape index (κ3) is 4.37. The highest BCUT2D eigenvalue weighted by Gasteiger charge is 2.24. The molecule has 0 saturated carbocycles. The van der Waals surface area contributed by atoms with Crippen LogP contribution in [-0.4, -0.2) is 0 Å². The molecule has 10 aromatic rings. The monoisotopic (exact) mass is 627 g/mol. The Balaban J connectivity index is 1.30. The van der Waals surface area contributed by atoms with Crippen LogP contribution in [0.3, 0.4) is 0 Å². The molecular weight excluding hydrogens is 599 g/mol. The normalized spacial score (nSPS) is 11.7. The highest BCUT2D eigenvalue weighted by Crippen LogP contribution is 2.48. The second kappa shape index (κ2) is 11.0. The molecule has 0 atom stereocenters. The average molecular weight is 628 g/mol. The van der Waals surface area contributed by atoms with Crippen LogP contribution in [0.1, 0.15) is 0 Å². The van der Waals surface area contributed by atoms with Crippen LogP contribution in [0.4, 0.5) is 17.1 Å². The summed E-state index contributed by atoms with van der Waals surface area (Å²) >= 11 is 0. The van der Waals surface area contributed by atoms with E-state index in [9.17, 15) is 0 Å². The Morgan fingerprint density at radius 1 is 0.347 bits per heavy atom. The topological polar surface area (TPSA) is 29.5 Å². The van der Waals surface area contributed by atoms with Gasteiger partial charge in [-0.2, -0.15) is 0 Å². The molecule has 49 heavy (non-hydrogen) atoms. The van der Waals surface area contributed by atoms with Gasteiger partial charge in [0.25, 0.3) is 0 Å². The minimum atomic E-state index is 0.849. The van der Waals surface area contributed by atoms with Gasteiger partial charge in [-0.25, -0.2) is 0 Å². The van der Waals surface area contributed by atoms with E-state index in [-0.39, 0.29) is 0 Å². The molecule has 3 heteroatoms. The van der Waals surface area contributed by atoms with Crippen molar-refractivity contribution in [2.75, 3.05) is 4.90 Å². The summed E-state index contributed by atoms with van der Waals surface area (Å²) in [6.45, 7) is 0. The van der Waals surface area contributed by atoms with Gasteiger partial charge in [0.2, 0.25) is 0 Å². The third-order valence-corrected chi connectivity index (χ3v) is 9.66. The summed E-state index contributed by atoms with van der Waals surface area (Å²) in [4.78, 5) is 2.35.